The molecular weight excluding hydrogens is 278 g/mol. The Morgan fingerprint density at radius 1 is 1.50 bits per heavy atom. The molecule has 3 heterocycles. The highest BCUT2D eigenvalue weighted by Gasteiger charge is 2.19. The normalized spacial score (nSPS) is 19.5. The van der Waals surface area contributed by atoms with Crippen molar-refractivity contribution in [2.24, 2.45) is 5.92 Å². The average Bonchev–Trinajstić information content (AvgIpc) is 2.95. The Bertz CT molecular complexity index is 665. The highest BCUT2D eigenvalue weighted by Crippen LogP contribution is 2.20. The molecule has 0 radical (unpaired) electrons. The van der Waals surface area contributed by atoms with E-state index in [9.17, 15) is 4.79 Å². The number of esters is 1. The molecule has 0 spiro atoms. The second kappa shape index (κ2) is 6.48. The number of ether oxygens (including phenoxy) is 1. The first-order valence-corrected chi connectivity index (χ1v) is 8.02. The zero-order valence-corrected chi connectivity index (χ0v) is 13.3. The van der Waals surface area contributed by atoms with Crippen molar-refractivity contribution in [1.29, 1.82) is 0 Å². The first kappa shape index (κ1) is 15.0. The Labute approximate surface area is 130 Å². The van der Waals surface area contributed by atoms with Crippen LogP contribution in [0.3, 0.4) is 0 Å². The maximum atomic E-state index is 12.2. The number of nitrogens with zero attached hydrogens (tertiary/aromatic N) is 3. The second-order valence-corrected chi connectivity index (χ2v) is 6.12. The summed E-state index contributed by atoms with van der Waals surface area (Å²) in [6.45, 7) is 7.61. The molecule has 2 aromatic rings. The maximum Gasteiger partial charge on any atom is 0.341 e. The van der Waals surface area contributed by atoms with Crippen LogP contribution in [0.1, 0.15) is 42.6 Å². The van der Waals surface area contributed by atoms with E-state index in [0.717, 1.165) is 31.1 Å². The van der Waals surface area contributed by atoms with Gasteiger partial charge < -0.3 is 9.14 Å². The SMILES string of the molecule is CCOC(=O)c1cc(CN2CCC[C@H](C)C2)cn2ccnc12. The van der Waals surface area contributed by atoms with Gasteiger partial charge in [0.15, 0.2) is 5.65 Å². The summed E-state index contributed by atoms with van der Waals surface area (Å²) in [5.74, 6) is 0.447. The summed E-state index contributed by atoms with van der Waals surface area (Å²) in [5.41, 5.74) is 2.34. The standard InChI is InChI=1S/C17H23N3O2/c1-3-22-17(21)15-9-14(12-20-8-6-18-16(15)20)11-19-7-4-5-13(2)10-19/h6,8-9,12-13H,3-5,7,10-11H2,1-2H3/t13-/m0/s1. The number of hydrogen-bond acceptors (Lipinski definition) is 4. The fourth-order valence-corrected chi connectivity index (χ4v) is 3.23. The van der Waals surface area contributed by atoms with Crippen molar-refractivity contribution in [1.82, 2.24) is 14.3 Å². The van der Waals surface area contributed by atoms with Crippen molar-refractivity contribution >= 4 is 11.6 Å². The summed E-state index contributed by atoms with van der Waals surface area (Å²) in [6, 6.07) is 1.93. The number of fused-ring (bicyclic) bond motifs is 1. The predicted molar refractivity (Wildman–Crippen MR) is 84.8 cm³/mol. The van der Waals surface area contributed by atoms with Crippen LogP contribution in [0, 0.1) is 5.92 Å². The molecule has 0 saturated carbocycles. The van der Waals surface area contributed by atoms with E-state index in [1.807, 2.05) is 23.6 Å². The van der Waals surface area contributed by atoms with E-state index in [2.05, 4.69) is 23.0 Å². The minimum Gasteiger partial charge on any atom is -0.462 e. The summed E-state index contributed by atoms with van der Waals surface area (Å²) in [6.07, 6.45) is 8.21. The van der Waals surface area contributed by atoms with Gasteiger partial charge in [0, 0.05) is 31.7 Å². The average molecular weight is 301 g/mol. The number of hydrogen-bond donors (Lipinski definition) is 0. The van der Waals surface area contributed by atoms with E-state index in [0.29, 0.717) is 17.8 Å². The van der Waals surface area contributed by atoms with E-state index < -0.39 is 0 Å². The lowest BCUT2D eigenvalue weighted by atomic mass is 10.00. The topological polar surface area (TPSA) is 46.8 Å². The Morgan fingerprint density at radius 2 is 2.36 bits per heavy atom. The summed E-state index contributed by atoms with van der Waals surface area (Å²) >= 11 is 0. The number of piperidine rings is 1. The van der Waals surface area contributed by atoms with E-state index in [-0.39, 0.29) is 5.97 Å². The van der Waals surface area contributed by atoms with Gasteiger partial charge in [-0.2, -0.15) is 0 Å². The molecule has 5 nitrogen and oxygen atoms in total. The fourth-order valence-electron chi connectivity index (χ4n) is 3.23. The van der Waals surface area contributed by atoms with E-state index in [1.54, 1.807) is 6.20 Å². The van der Waals surface area contributed by atoms with Crippen LogP contribution in [-0.2, 0) is 11.3 Å². The van der Waals surface area contributed by atoms with Gasteiger partial charge in [-0.15, -0.1) is 0 Å². The molecule has 0 aromatic carbocycles. The maximum absolute atomic E-state index is 12.2. The quantitative estimate of drug-likeness (QED) is 0.815. The molecule has 0 unspecified atom stereocenters. The summed E-state index contributed by atoms with van der Waals surface area (Å²) < 4.78 is 7.07. The van der Waals surface area contributed by atoms with Crippen LogP contribution in [0.5, 0.6) is 0 Å². The summed E-state index contributed by atoms with van der Waals surface area (Å²) in [4.78, 5) is 18.9. The van der Waals surface area contributed by atoms with Gasteiger partial charge in [0.05, 0.1) is 6.61 Å². The third-order valence-corrected chi connectivity index (χ3v) is 4.19. The first-order chi connectivity index (χ1) is 10.7. The lowest BCUT2D eigenvalue weighted by molar-refractivity contribution is 0.0527. The van der Waals surface area contributed by atoms with Gasteiger partial charge in [-0.1, -0.05) is 6.92 Å². The Morgan fingerprint density at radius 3 is 3.14 bits per heavy atom. The highest BCUT2D eigenvalue weighted by molar-refractivity contribution is 5.96. The van der Waals surface area contributed by atoms with Crippen molar-refractivity contribution in [3.63, 3.8) is 0 Å². The molecule has 1 fully saturated rings. The molecule has 118 valence electrons. The number of carbonyl (C=O) groups excluding carboxylic acids is 1. The fraction of sp³-hybridized carbons (Fsp3) is 0.529. The van der Waals surface area contributed by atoms with Crippen LogP contribution in [0.15, 0.2) is 24.7 Å². The molecule has 5 heteroatoms. The number of carbonyl (C=O) groups is 1. The van der Waals surface area contributed by atoms with Gasteiger partial charge in [-0.25, -0.2) is 9.78 Å². The summed E-state index contributed by atoms with van der Waals surface area (Å²) in [5, 5.41) is 0. The molecule has 1 aliphatic rings. The monoisotopic (exact) mass is 301 g/mol. The lowest BCUT2D eigenvalue weighted by Crippen LogP contribution is -2.33. The predicted octanol–water partition coefficient (Wildman–Crippen LogP) is 2.74. The molecule has 1 aliphatic heterocycles. The van der Waals surface area contributed by atoms with Crippen LogP contribution < -0.4 is 0 Å². The lowest BCUT2D eigenvalue weighted by Gasteiger charge is -2.30. The molecule has 22 heavy (non-hydrogen) atoms. The van der Waals surface area contributed by atoms with Crippen LogP contribution in [-0.4, -0.2) is 40.0 Å². The third-order valence-electron chi connectivity index (χ3n) is 4.19. The van der Waals surface area contributed by atoms with Crippen LogP contribution in [0.4, 0.5) is 0 Å². The Balaban J connectivity index is 1.88. The molecule has 3 rings (SSSR count). The third kappa shape index (κ3) is 3.14. The zero-order valence-electron chi connectivity index (χ0n) is 13.3. The largest absolute Gasteiger partial charge is 0.462 e. The number of imidazole rings is 1. The van der Waals surface area contributed by atoms with E-state index in [1.165, 1.54) is 12.8 Å². The summed E-state index contributed by atoms with van der Waals surface area (Å²) in [7, 11) is 0. The number of aromatic nitrogens is 2. The van der Waals surface area contributed by atoms with Crippen LogP contribution >= 0.6 is 0 Å². The number of rotatable bonds is 4. The molecule has 0 aliphatic carbocycles. The first-order valence-electron chi connectivity index (χ1n) is 8.02. The smallest absolute Gasteiger partial charge is 0.341 e. The molecule has 1 saturated heterocycles. The van der Waals surface area contributed by atoms with Crippen LogP contribution in [0.25, 0.3) is 5.65 Å². The minimum absolute atomic E-state index is 0.299. The van der Waals surface area contributed by atoms with Gasteiger partial charge in [0.1, 0.15) is 5.56 Å². The van der Waals surface area contributed by atoms with Gasteiger partial charge in [-0.3, -0.25) is 4.90 Å². The molecule has 0 N–H and O–H groups in total. The molecule has 0 bridgehead atoms. The van der Waals surface area contributed by atoms with Gasteiger partial charge in [-0.05, 0) is 43.9 Å². The minimum atomic E-state index is -0.299. The molecule has 1 atom stereocenters. The van der Waals surface area contributed by atoms with Crippen molar-refractivity contribution in [3.05, 3.63) is 35.8 Å². The highest BCUT2D eigenvalue weighted by atomic mass is 16.5. The van der Waals surface area contributed by atoms with Crippen LogP contribution in [0.2, 0.25) is 0 Å². The van der Waals surface area contributed by atoms with Crippen molar-refractivity contribution in [2.45, 2.75) is 33.2 Å². The van der Waals surface area contributed by atoms with Crippen molar-refractivity contribution < 1.29 is 9.53 Å². The van der Waals surface area contributed by atoms with Crippen molar-refractivity contribution in [3.8, 4) is 0 Å². The van der Waals surface area contributed by atoms with E-state index in [4.69, 9.17) is 4.74 Å². The molecule has 2 aromatic heterocycles. The van der Waals surface area contributed by atoms with Crippen molar-refractivity contribution in [2.75, 3.05) is 19.7 Å². The number of pyridine rings is 1. The molecule has 0 amide bonds. The molecular formula is C17H23N3O2. The van der Waals surface area contributed by atoms with Gasteiger partial charge >= 0.3 is 5.97 Å². The second-order valence-electron chi connectivity index (χ2n) is 6.12. The van der Waals surface area contributed by atoms with Gasteiger partial charge in [0.2, 0.25) is 0 Å². The zero-order chi connectivity index (χ0) is 15.5. The Kier molecular flexibility index (Phi) is 4.43. The number of likely N-dealkylation sites (tertiary alicyclic amines) is 1. The van der Waals surface area contributed by atoms with Gasteiger partial charge in [0.25, 0.3) is 0 Å². The Hall–Kier alpha value is -1.88. The van der Waals surface area contributed by atoms with E-state index >= 15 is 0 Å².